The molecule has 0 radical (unpaired) electrons. The summed E-state index contributed by atoms with van der Waals surface area (Å²) in [4.78, 5) is 17.9. The summed E-state index contributed by atoms with van der Waals surface area (Å²) in [5.74, 6) is 0.941. The molecule has 1 aliphatic heterocycles. The van der Waals surface area contributed by atoms with E-state index in [1.54, 1.807) is 17.4 Å². The second kappa shape index (κ2) is 7.56. The number of fused-ring (bicyclic) bond motifs is 2. The van der Waals surface area contributed by atoms with Crippen LogP contribution in [0.2, 0.25) is 0 Å². The van der Waals surface area contributed by atoms with Gasteiger partial charge in [0.2, 0.25) is 6.10 Å². The number of aryl methyl sites for hydroxylation is 2. The average molecular weight is 382 g/mol. The van der Waals surface area contributed by atoms with Gasteiger partial charge in [0.15, 0.2) is 16.3 Å². The maximum atomic E-state index is 12.8. The number of para-hydroxylation sites is 2. The molecule has 2 heterocycles. The van der Waals surface area contributed by atoms with E-state index in [1.165, 1.54) is 5.56 Å². The molecule has 0 fully saturated rings. The number of carbonyl (C=O) groups is 1. The first-order valence-corrected chi connectivity index (χ1v) is 10.1. The molecule has 4 rings (SSSR count). The fourth-order valence-corrected chi connectivity index (χ4v) is 4.30. The van der Waals surface area contributed by atoms with Gasteiger partial charge in [0, 0.05) is 6.54 Å². The molecule has 0 bridgehead atoms. The molecule has 140 valence electrons. The Bertz CT molecular complexity index is 1050. The lowest BCUT2D eigenvalue weighted by molar-refractivity contribution is -0.127. The van der Waals surface area contributed by atoms with Crippen molar-refractivity contribution in [3.05, 3.63) is 52.8 Å². The van der Waals surface area contributed by atoms with Crippen molar-refractivity contribution < 1.29 is 14.3 Å². The molecule has 5 nitrogen and oxygen atoms in total. The van der Waals surface area contributed by atoms with Gasteiger partial charge in [0.25, 0.3) is 5.91 Å². The highest BCUT2D eigenvalue weighted by atomic mass is 32.1. The zero-order valence-electron chi connectivity index (χ0n) is 15.5. The molecule has 1 aliphatic rings. The van der Waals surface area contributed by atoms with Crippen molar-refractivity contribution in [3.8, 4) is 11.5 Å². The molecular weight excluding hydrogens is 360 g/mol. The zero-order chi connectivity index (χ0) is 18.8. The molecule has 3 aromatic rings. The molecule has 1 atom stereocenters. The topological polar surface area (TPSA) is 52.8 Å². The molecule has 1 amide bonds. The van der Waals surface area contributed by atoms with Crippen LogP contribution in [-0.4, -0.2) is 23.2 Å². The van der Waals surface area contributed by atoms with Gasteiger partial charge in [-0.15, -0.1) is 0 Å². The molecule has 6 heteroatoms. The second-order valence-corrected chi connectivity index (χ2v) is 7.52. The predicted molar refractivity (Wildman–Crippen MR) is 106 cm³/mol. The minimum atomic E-state index is -0.716. The van der Waals surface area contributed by atoms with E-state index in [4.69, 9.17) is 9.47 Å². The van der Waals surface area contributed by atoms with E-state index < -0.39 is 6.10 Å². The Balaban J connectivity index is 1.69. The first-order chi connectivity index (χ1) is 13.2. The first-order valence-electron chi connectivity index (χ1n) is 9.29. The lowest BCUT2D eigenvalue weighted by Crippen LogP contribution is -2.36. The van der Waals surface area contributed by atoms with Crippen LogP contribution >= 0.6 is 11.3 Å². The largest absolute Gasteiger partial charge is 0.485 e. The van der Waals surface area contributed by atoms with Crippen molar-refractivity contribution in [1.29, 1.82) is 0 Å². The molecule has 0 aliphatic carbocycles. The van der Waals surface area contributed by atoms with Crippen LogP contribution < -0.4 is 14.3 Å². The third-order valence-corrected chi connectivity index (χ3v) is 5.63. The van der Waals surface area contributed by atoms with Crippen LogP contribution in [-0.2, 0) is 17.8 Å². The van der Waals surface area contributed by atoms with E-state index in [1.807, 2.05) is 18.2 Å². The van der Waals surface area contributed by atoms with Gasteiger partial charge in [-0.25, -0.2) is 0 Å². The van der Waals surface area contributed by atoms with Gasteiger partial charge in [-0.2, -0.15) is 4.99 Å². The highest BCUT2D eigenvalue weighted by molar-refractivity contribution is 7.16. The van der Waals surface area contributed by atoms with Gasteiger partial charge < -0.3 is 14.0 Å². The summed E-state index contributed by atoms with van der Waals surface area (Å²) in [5.41, 5.74) is 2.41. The molecule has 1 unspecified atom stereocenters. The molecule has 1 aromatic heterocycles. The van der Waals surface area contributed by atoms with Gasteiger partial charge in [-0.3, -0.25) is 4.79 Å². The minimum absolute atomic E-state index is 0.179. The smallest absolute Gasteiger partial charge is 0.292 e. The maximum absolute atomic E-state index is 12.8. The molecule has 0 saturated carbocycles. The van der Waals surface area contributed by atoms with Crippen molar-refractivity contribution in [2.45, 2.75) is 39.3 Å². The summed E-state index contributed by atoms with van der Waals surface area (Å²) in [6.45, 7) is 5.26. The van der Waals surface area contributed by atoms with Crippen LogP contribution in [0.25, 0.3) is 10.2 Å². The molecule has 2 aromatic carbocycles. The van der Waals surface area contributed by atoms with E-state index in [0.29, 0.717) is 16.3 Å². The Labute approximate surface area is 161 Å². The summed E-state index contributed by atoms with van der Waals surface area (Å²) < 4.78 is 14.7. The number of aromatic nitrogens is 1. The van der Waals surface area contributed by atoms with Crippen LogP contribution in [0.15, 0.2) is 47.5 Å². The number of amides is 1. The van der Waals surface area contributed by atoms with Crippen LogP contribution in [0, 0.1) is 0 Å². The fourth-order valence-electron chi connectivity index (χ4n) is 3.17. The van der Waals surface area contributed by atoms with E-state index >= 15 is 0 Å². The van der Waals surface area contributed by atoms with E-state index in [-0.39, 0.29) is 12.5 Å². The van der Waals surface area contributed by atoms with Crippen molar-refractivity contribution in [2.24, 2.45) is 4.99 Å². The molecule has 0 spiro atoms. The number of ether oxygens (including phenoxy) is 2. The molecule has 0 N–H and O–H groups in total. The standard InChI is InChI=1S/C21H22N2O3S/c1-3-11-23-15-10-9-14(4-2)12-19(15)27-21(23)22-20(24)18-13-25-16-7-5-6-8-17(16)26-18/h5-10,12,18H,3-4,11,13H2,1-2H3. The number of thiazole rings is 1. The Morgan fingerprint density at radius 3 is 2.81 bits per heavy atom. The van der Waals surface area contributed by atoms with E-state index in [9.17, 15) is 4.79 Å². The summed E-state index contributed by atoms with van der Waals surface area (Å²) in [7, 11) is 0. The van der Waals surface area contributed by atoms with E-state index in [2.05, 4.69) is 41.6 Å². The molecule has 0 saturated heterocycles. The van der Waals surface area contributed by atoms with Crippen LogP contribution in [0.4, 0.5) is 0 Å². The number of carbonyl (C=O) groups excluding carboxylic acids is 1. The Hall–Kier alpha value is -2.60. The van der Waals surface area contributed by atoms with Gasteiger partial charge in [0.1, 0.15) is 6.61 Å². The fraction of sp³-hybridized carbons (Fsp3) is 0.333. The van der Waals surface area contributed by atoms with Crippen LogP contribution in [0.3, 0.4) is 0 Å². The summed E-state index contributed by atoms with van der Waals surface area (Å²) >= 11 is 1.55. The normalized spacial score (nSPS) is 16.7. The third-order valence-electron chi connectivity index (χ3n) is 4.59. The third kappa shape index (κ3) is 3.49. The SMILES string of the molecule is CCCn1c(=NC(=O)C2COc3ccccc3O2)sc2cc(CC)ccc21. The number of hydrogen-bond donors (Lipinski definition) is 0. The first kappa shape index (κ1) is 17.8. The van der Waals surface area contributed by atoms with Gasteiger partial charge >= 0.3 is 0 Å². The molecular formula is C21H22N2O3S. The monoisotopic (exact) mass is 382 g/mol. The van der Waals surface area contributed by atoms with Crippen LogP contribution in [0.1, 0.15) is 25.8 Å². The van der Waals surface area contributed by atoms with Gasteiger partial charge in [-0.05, 0) is 42.7 Å². The zero-order valence-corrected chi connectivity index (χ0v) is 16.3. The Kier molecular flexibility index (Phi) is 4.99. The minimum Gasteiger partial charge on any atom is -0.485 e. The van der Waals surface area contributed by atoms with Gasteiger partial charge in [-0.1, -0.05) is 43.4 Å². The number of hydrogen-bond acceptors (Lipinski definition) is 4. The number of rotatable bonds is 4. The highest BCUT2D eigenvalue weighted by Crippen LogP contribution is 2.31. The summed E-state index contributed by atoms with van der Waals surface area (Å²) in [5, 5.41) is 0. The lowest BCUT2D eigenvalue weighted by Gasteiger charge is -2.23. The van der Waals surface area contributed by atoms with Crippen LogP contribution in [0.5, 0.6) is 11.5 Å². The number of nitrogens with zero attached hydrogens (tertiary/aromatic N) is 2. The quantitative estimate of drug-likeness (QED) is 0.687. The predicted octanol–water partition coefficient (Wildman–Crippen LogP) is 3.94. The van der Waals surface area contributed by atoms with Crippen molar-refractivity contribution >= 4 is 27.5 Å². The number of benzene rings is 2. The van der Waals surface area contributed by atoms with Crippen molar-refractivity contribution in [1.82, 2.24) is 4.57 Å². The second-order valence-electron chi connectivity index (χ2n) is 6.51. The van der Waals surface area contributed by atoms with E-state index in [0.717, 1.165) is 29.6 Å². The Morgan fingerprint density at radius 1 is 1.22 bits per heavy atom. The molecule has 27 heavy (non-hydrogen) atoms. The van der Waals surface area contributed by atoms with Crippen molar-refractivity contribution in [2.75, 3.05) is 6.61 Å². The average Bonchev–Trinajstić information content (AvgIpc) is 3.04. The maximum Gasteiger partial charge on any atom is 0.292 e. The Morgan fingerprint density at radius 2 is 2.04 bits per heavy atom. The summed E-state index contributed by atoms with van der Waals surface area (Å²) in [6.07, 6.45) is 1.24. The lowest BCUT2D eigenvalue weighted by atomic mass is 10.2. The van der Waals surface area contributed by atoms with Gasteiger partial charge in [0.05, 0.1) is 10.2 Å². The van der Waals surface area contributed by atoms with Crippen molar-refractivity contribution in [3.63, 3.8) is 0 Å². The highest BCUT2D eigenvalue weighted by Gasteiger charge is 2.27. The summed E-state index contributed by atoms with van der Waals surface area (Å²) in [6, 6.07) is 13.8.